The summed E-state index contributed by atoms with van der Waals surface area (Å²) in [6.07, 6.45) is 1.59. The first-order valence-electron chi connectivity index (χ1n) is 7.34. The van der Waals surface area contributed by atoms with E-state index in [9.17, 15) is 0 Å². The first kappa shape index (κ1) is 14.7. The van der Waals surface area contributed by atoms with E-state index in [1.807, 2.05) is 0 Å². The van der Waals surface area contributed by atoms with Crippen molar-refractivity contribution in [2.45, 2.75) is 32.3 Å². The van der Waals surface area contributed by atoms with E-state index in [2.05, 4.69) is 25.2 Å². The number of thiophene rings is 1. The quantitative estimate of drug-likeness (QED) is 0.940. The first-order valence-corrected chi connectivity index (χ1v) is 8.15. The smallest absolute Gasteiger partial charge is 0.164 e. The van der Waals surface area contributed by atoms with Crippen molar-refractivity contribution in [3.63, 3.8) is 0 Å². The van der Waals surface area contributed by atoms with Crippen molar-refractivity contribution < 1.29 is 9.47 Å². The summed E-state index contributed by atoms with van der Waals surface area (Å²) in [5.41, 5.74) is -0.422. The summed E-state index contributed by atoms with van der Waals surface area (Å²) in [4.78, 5) is 11.8. The maximum Gasteiger partial charge on any atom is 0.164 e. The molecule has 0 aliphatic carbocycles. The lowest BCUT2D eigenvalue weighted by molar-refractivity contribution is -0.0997. The van der Waals surface area contributed by atoms with Crippen molar-refractivity contribution in [3.8, 4) is 0 Å². The minimum Gasteiger partial charge on any atom is -0.381 e. The molecule has 1 fully saturated rings. The molecule has 21 heavy (non-hydrogen) atoms. The molecule has 0 atom stereocenters. The second kappa shape index (κ2) is 5.87. The predicted octanol–water partition coefficient (Wildman–Crippen LogP) is 3.08. The number of nitrogens with one attached hydrogen (secondary N) is 1. The van der Waals surface area contributed by atoms with Crippen LogP contribution in [0.4, 0.5) is 5.82 Å². The van der Waals surface area contributed by atoms with Crippen molar-refractivity contribution >= 4 is 27.4 Å². The number of nitrogens with zero attached hydrogens (tertiary/aromatic N) is 2. The molecule has 3 heterocycles. The van der Waals surface area contributed by atoms with Crippen LogP contribution < -0.4 is 5.32 Å². The molecule has 0 saturated carbocycles. The molecule has 0 bridgehead atoms. The second-order valence-corrected chi connectivity index (χ2v) is 6.55. The maximum absolute atomic E-state index is 5.83. The van der Waals surface area contributed by atoms with Crippen molar-refractivity contribution in [1.82, 2.24) is 9.97 Å². The zero-order valence-corrected chi connectivity index (χ0v) is 13.5. The predicted molar refractivity (Wildman–Crippen MR) is 85.1 cm³/mol. The minimum atomic E-state index is -0.422. The third-order valence-corrected chi connectivity index (χ3v) is 4.90. The van der Waals surface area contributed by atoms with Crippen LogP contribution in [0.3, 0.4) is 0 Å². The Morgan fingerprint density at radius 2 is 2.14 bits per heavy atom. The number of hydrogen-bond donors (Lipinski definition) is 1. The number of rotatable bonds is 4. The van der Waals surface area contributed by atoms with Crippen LogP contribution in [0, 0.1) is 6.92 Å². The number of aryl methyl sites for hydroxylation is 1. The van der Waals surface area contributed by atoms with E-state index in [1.165, 1.54) is 4.88 Å². The van der Waals surface area contributed by atoms with Crippen molar-refractivity contribution in [2.75, 3.05) is 32.2 Å². The Morgan fingerprint density at radius 3 is 2.81 bits per heavy atom. The standard InChI is InChI=1S/C15H21N3O2S/c1-4-16-12-11-9-10(2)21-13(11)18-14(17-12)15(19-3)5-7-20-8-6-15/h9H,4-8H2,1-3H3,(H,16,17,18). The number of anilines is 1. The molecule has 5 nitrogen and oxygen atoms in total. The number of hydrogen-bond acceptors (Lipinski definition) is 6. The molecule has 0 radical (unpaired) electrons. The highest BCUT2D eigenvalue weighted by molar-refractivity contribution is 7.18. The van der Waals surface area contributed by atoms with Gasteiger partial charge in [-0.15, -0.1) is 11.3 Å². The monoisotopic (exact) mass is 307 g/mol. The highest BCUT2D eigenvalue weighted by Gasteiger charge is 2.38. The van der Waals surface area contributed by atoms with E-state index >= 15 is 0 Å². The minimum absolute atomic E-state index is 0.422. The molecule has 0 aromatic carbocycles. The Morgan fingerprint density at radius 1 is 1.38 bits per heavy atom. The molecule has 0 unspecified atom stereocenters. The van der Waals surface area contributed by atoms with Gasteiger partial charge in [0.15, 0.2) is 5.82 Å². The molecule has 0 spiro atoms. The van der Waals surface area contributed by atoms with Crippen molar-refractivity contribution in [2.24, 2.45) is 0 Å². The summed E-state index contributed by atoms with van der Waals surface area (Å²) in [5.74, 6) is 1.68. The van der Waals surface area contributed by atoms with Gasteiger partial charge < -0.3 is 14.8 Å². The summed E-state index contributed by atoms with van der Waals surface area (Å²) in [6, 6.07) is 2.14. The lowest BCUT2D eigenvalue weighted by Crippen LogP contribution is -2.37. The van der Waals surface area contributed by atoms with Gasteiger partial charge in [-0.2, -0.15) is 0 Å². The van der Waals surface area contributed by atoms with Gasteiger partial charge in [0.05, 0.1) is 5.39 Å². The molecule has 3 rings (SSSR count). The highest BCUT2D eigenvalue weighted by Crippen LogP contribution is 2.37. The maximum atomic E-state index is 5.83. The molecule has 2 aromatic rings. The molecule has 2 aromatic heterocycles. The normalized spacial score (nSPS) is 18.0. The van der Waals surface area contributed by atoms with E-state index in [0.717, 1.165) is 41.2 Å². The van der Waals surface area contributed by atoms with Crippen LogP contribution in [0.25, 0.3) is 10.2 Å². The zero-order valence-electron chi connectivity index (χ0n) is 12.7. The van der Waals surface area contributed by atoms with Crippen molar-refractivity contribution in [1.29, 1.82) is 0 Å². The van der Waals surface area contributed by atoms with Gasteiger partial charge in [0, 0.05) is 44.6 Å². The topological polar surface area (TPSA) is 56.3 Å². The van der Waals surface area contributed by atoms with Crippen LogP contribution in [0.15, 0.2) is 6.07 Å². The molecule has 1 saturated heterocycles. The van der Waals surface area contributed by atoms with Gasteiger partial charge >= 0.3 is 0 Å². The van der Waals surface area contributed by atoms with Gasteiger partial charge in [-0.1, -0.05) is 0 Å². The van der Waals surface area contributed by atoms with E-state index in [0.29, 0.717) is 13.2 Å². The van der Waals surface area contributed by atoms with Gasteiger partial charge in [-0.3, -0.25) is 0 Å². The number of methoxy groups -OCH3 is 1. The molecule has 1 aliphatic heterocycles. The Labute approximate surface area is 128 Å². The van der Waals surface area contributed by atoms with Crippen molar-refractivity contribution in [3.05, 3.63) is 16.8 Å². The first-order chi connectivity index (χ1) is 10.2. The van der Waals surface area contributed by atoms with Gasteiger partial charge in [0.25, 0.3) is 0 Å². The summed E-state index contributed by atoms with van der Waals surface area (Å²) in [6.45, 7) is 6.39. The lowest BCUT2D eigenvalue weighted by atomic mass is 9.93. The van der Waals surface area contributed by atoms with Gasteiger partial charge in [0.1, 0.15) is 16.2 Å². The summed E-state index contributed by atoms with van der Waals surface area (Å²) >= 11 is 1.70. The molecular formula is C15H21N3O2S. The van der Waals surface area contributed by atoms with Crippen LogP contribution in [0.2, 0.25) is 0 Å². The molecule has 1 aliphatic rings. The zero-order chi connectivity index (χ0) is 14.9. The van der Waals surface area contributed by atoms with Crippen LogP contribution >= 0.6 is 11.3 Å². The molecule has 114 valence electrons. The van der Waals surface area contributed by atoms with E-state index in [4.69, 9.17) is 19.4 Å². The van der Waals surface area contributed by atoms with Gasteiger partial charge in [0.2, 0.25) is 0 Å². The Bertz CT molecular complexity index is 635. The molecule has 0 amide bonds. The summed E-state index contributed by atoms with van der Waals surface area (Å²) in [5, 5.41) is 4.45. The average molecular weight is 307 g/mol. The van der Waals surface area contributed by atoms with Crippen LogP contribution in [-0.2, 0) is 15.1 Å². The van der Waals surface area contributed by atoms with Gasteiger partial charge in [-0.05, 0) is 19.9 Å². The highest BCUT2D eigenvalue weighted by atomic mass is 32.1. The Kier molecular flexibility index (Phi) is 4.10. The van der Waals surface area contributed by atoms with E-state index < -0.39 is 5.60 Å². The summed E-state index contributed by atoms with van der Waals surface area (Å²) in [7, 11) is 1.74. The number of aromatic nitrogens is 2. The van der Waals surface area contributed by atoms with Gasteiger partial charge in [-0.25, -0.2) is 9.97 Å². The third kappa shape index (κ3) is 2.63. The summed E-state index contributed by atoms with van der Waals surface area (Å²) < 4.78 is 11.3. The number of fused-ring (bicyclic) bond motifs is 1. The Hall–Kier alpha value is -1.24. The lowest BCUT2D eigenvalue weighted by Gasteiger charge is -2.34. The fourth-order valence-electron chi connectivity index (χ4n) is 2.77. The van der Waals surface area contributed by atoms with E-state index in [-0.39, 0.29) is 0 Å². The van der Waals surface area contributed by atoms with E-state index in [1.54, 1.807) is 18.4 Å². The Balaban J connectivity index is 2.13. The van der Waals surface area contributed by atoms with Crippen LogP contribution in [0.1, 0.15) is 30.5 Å². The SMILES string of the molecule is CCNc1nc(C2(OC)CCOCC2)nc2sc(C)cc12. The molecular weight excluding hydrogens is 286 g/mol. The molecule has 1 N–H and O–H groups in total. The average Bonchev–Trinajstić information content (AvgIpc) is 2.89. The third-order valence-electron chi connectivity index (χ3n) is 3.96. The van der Waals surface area contributed by atoms with Crippen LogP contribution in [0.5, 0.6) is 0 Å². The van der Waals surface area contributed by atoms with Crippen LogP contribution in [-0.4, -0.2) is 36.8 Å². The fraction of sp³-hybridized carbons (Fsp3) is 0.600. The largest absolute Gasteiger partial charge is 0.381 e. The second-order valence-electron chi connectivity index (χ2n) is 5.31. The molecule has 6 heteroatoms. The fourth-order valence-corrected chi connectivity index (χ4v) is 3.65. The number of ether oxygens (including phenoxy) is 2.